The van der Waals surface area contributed by atoms with E-state index in [0.29, 0.717) is 5.69 Å². The van der Waals surface area contributed by atoms with E-state index in [-0.39, 0.29) is 5.91 Å². The second-order valence-corrected chi connectivity index (χ2v) is 2.39. The van der Waals surface area contributed by atoms with Crippen LogP contribution in [-0.4, -0.2) is 15.7 Å². The van der Waals surface area contributed by atoms with Gasteiger partial charge < -0.3 is 5.32 Å². The van der Waals surface area contributed by atoms with Crippen molar-refractivity contribution in [3.05, 3.63) is 24.5 Å². The average Bonchev–Trinajstić information content (AvgIpc) is 2.36. The Hall–Kier alpha value is -1.58. The van der Waals surface area contributed by atoms with Crippen LogP contribution in [0.4, 0.5) is 5.69 Å². The first-order valence-electron chi connectivity index (χ1n) is 3.64. The van der Waals surface area contributed by atoms with Gasteiger partial charge in [-0.2, -0.15) is 5.10 Å². The molecule has 12 heavy (non-hydrogen) atoms. The Balaban J connectivity index is 2.58. The lowest BCUT2D eigenvalue weighted by Gasteiger charge is -1.94. The van der Waals surface area contributed by atoms with Crippen molar-refractivity contribution in [3.8, 4) is 0 Å². The maximum absolute atomic E-state index is 11.0. The van der Waals surface area contributed by atoms with Gasteiger partial charge in [0.1, 0.15) is 0 Å². The minimum absolute atomic E-state index is 0.134. The zero-order valence-electron chi connectivity index (χ0n) is 7.11. The molecule has 1 amide bonds. The number of nitrogens with zero attached hydrogens (tertiary/aromatic N) is 2. The minimum atomic E-state index is -0.134. The molecule has 0 aliphatic rings. The first kappa shape index (κ1) is 8.52. The number of rotatable bonds is 2. The number of hydrogen-bond donors (Lipinski definition) is 1. The lowest BCUT2D eigenvalue weighted by Crippen LogP contribution is -2.06. The summed E-state index contributed by atoms with van der Waals surface area (Å²) >= 11 is 0. The van der Waals surface area contributed by atoms with E-state index in [4.69, 9.17) is 0 Å². The van der Waals surface area contributed by atoms with Gasteiger partial charge >= 0.3 is 0 Å². The van der Waals surface area contributed by atoms with Crippen LogP contribution in [0.25, 0.3) is 0 Å². The summed E-state index contributed by atoms with van der Waals surface area (Å²) in [4.78, 5) is 11.0. The minimum Gasteiger partial charge on any atom is -0.320 e. The monoisotopic (exact) mass is 165 g/mol. The number of aromatic nitrogens is 2. The highest BCUT2D eigenvalue weighted by molar-refractivity contribution is 5.98. The van der Waals surface area contributed by atoms with Crippen LogP contribution in [0, 0.1) is 0 Å². The molecule has 0 bridgehead atoms. The van der Waals surface area contributed by atoms with Gasteiger partial charge in [0.05, 0.1) is 11.9 Å². The smallest absolute Gasteiger partial charge is 0.248 e. The third kappa shape index (κ3) is 2.23. The summed E-state index contributed by atoms with van der Waals surface area (Å²) in [5.74, 6) is -0.134. The molecule has 1 heterocycles. The predicted molar refractivity (Wildman–Crippen MR) is 46.7 cm³/mol. The zero-order valence-corrected chi connectivity index (χ0v) is 7.11. The topological polar surface area (TPSA) is 46.9 Å². The number of nitrogens with one attached hydrogen (secondary N) is 1. The Morgan fingerprint density at radius 3 is 3.00 bits per heavy atom. The molecule has 0 atom stereocenters. The van der Waals surface area contributed by atoms with Crippen molar-refractivity contribution in [1.29, 1.82) is 0 Å². The molecular formula is C8H11N3O. The van der Waals surface area contributed by atoms with Gasteiger partial charge in [-0.15, -0.1) is 0 Å². The number of amides is 1. The second kappa shape index (κ2) is 3.71. The number of carbonyl (C=O) groups is 1. The zero-order chi connectivity index (χ0) is 8.97. The fourth-order valence-corrected chi connectivity index (χ4v) is 0.821. The van der Waals surface area contributed by atoms with Gasteiger partial charge in [0.25, 0.3) is 0 Å². The number of aryl methyl sites for hydroxylation is 1. The Kier molecular flexibility index (Phi) is 2.63. The molecule has 1 aromatic rings. The number of allylic oxidation sites excluding steroid dienone is 1. The summed E-state index contributed by atoms with van der Waals surface area (Å²) < 4.78 is 1.63. The predicted octanol–water partition coefficient (Wildman–Crippen LogP) is 0.935. The summed E-state index contributed by atoms with van der Waals surface area (Å²) in [5.41, 5.74) is 0.709. The summed E-state index contributed by atoms with van der Waals surface area (Å²) in [6, 6.07) is 0. The van der Waals surface area contributed by atoms with Gasteiger partial charge in [-0.1, -0.05) is 6.08 Å². The Morgan fingerprint density at radius 2 is 2.50 bits per heavy atom. The summed E-state index contributed by atoms with van der Waals surface area (Å²) in [6.45, 7) is 1.79. The molecular weight excluding hydrogens is 154 g/mol. The van der Waals surface area contributed by atoms with Gasteiger partial charge in [-0.3, -0.25) is 9.48 Å². The fraction of sp³-hybridized carbons (Fsp3) is 0.250. The van der Waals surface area contributed by atoms with E-state index in [1.165, 1.54) is 6.08 Å². The van der Waals surface area contributed by atoms with E-state index in [2.05, 4.69) is 10.4 Å². The maximum Gasteiger partial charge on any atom is 0.248 e. The SMILES string of the molecule is C/C=C/C(=O)Nc1cnn(C)c1. The van der Waals surface area contributed by atoms with Crippen LogP contribution in [0.15, 0.2) is 24.5 Å². The van der Waals surface area contributed by atoms with Crippen molar-refractivity contribution in [3.63, 3.8) is 0 Å². The molecule has 1 rings (SSSR count). The number of carbonyl (C=O) groups excluding carboxylic acids is 1. The van der Waals surface area contributed by atoms with E-state index in [9.17, 15) is 4.79 Å². The van der Waals surface area contributed by atoms with Crippen molar-refractivity contribution in [2.75, 3.05) is 5.32 Å². The molecule has 4 heteroatoms. The van der Waals surface area contributed by atoms with Gasteiger partial charge in [-0.05, 0) is 13.0 Å². The molecule has 4 nitrogen and oxygen atoms in total. The van der Waals surface area contributed by atoms with Crippen LogP contribution in [0.2, 0.25) is 0 Å². The third-order valence-electron chi connectivity index (χ3n) is 1.29. The molecule has 0 aromatic carbocycles. The summed E-state index contributed by atoms with van der Waals surface area (Å²) in [5, 5.41) is 6.56. The highest BCUT2D eigenvalue weighted by Gasteiger charge is 1.97. The molecule has 0 aliphatic heterocycles. The molecule has 0 fully saturated rings. The van der Waals surface area contributed by atoms with Crippen molar-refractivity contribution in [1.82, 2.24) is 9.78 Å². The molecule has 0 aliphatic carbocycles. The lowest BCUT2D eigenvalue weighted by molar-refractivity contribution is -0.111. The van der Waals surface area contributed by atoms with E-state index < -0.39 is 0 Å². The van der Waals surface area contributed by atoms with Gasteiger partial charge in [0.15, 0.2) is 0 Å². The standard InChI is InChI=1S/C8H11N3O/c1-3-4-8(12)10-7-5-9-11(2)6-7/h3-6H,1-2H3,(H,10,12)/b4-3+. The Bertz CT molecular complexity index is 301. The van der Waals surface area contributed by atoms with Crippen molar-refractivity contribution in [2.45, 2.75) is 6.92 Å². The molecule has 64 valence electrons. The molecule has 0 spiro atoms. The molecule has 0 unspecified atom stereocenters. The molecule has 1 N–H and O–H groups in total. The highest BCUT2D eigenvalue weighted by Crippen LogP contribution is 2.02. The van der Waals surface area contributed by atoms with Crippen LogP contribution in [0.5, 0.6) is 0 Å². The summed E-state index contributed by atoms with van der Waals surface area (Å²) in [7, 11) is 1.80. The van der Waals surface area contributed by atoms with Gasteiger partial charge in [-0.25, -0.2) is 0 Å². The molecule has 0 saturated heterocycles. The van der Waals surface area contributed by atoms with E-state index in [0.717, 1.165) is 0 Å². The lowest BCUT2D eigenvalue weighted by atomic mass is 10.4. The van der Waals surface area contributed by atoms with Crippen molar-refractivity contribution < 1.29 is 4.79 Å². The Labute approximate surface area is 70.9 Å². The fourth-order valence-electron chi connectivity index (χ4n) is 0.821. The number of hydrogen-bond acceptors (Lipinski definition) is 2. The van der Waals surface area contributed by atoms with E-state index >= 15 is 0 Å². The first-order chi connectivity index (χ1) is 5.72. The van der Waals surface area contributed by atoms with E-state index in [1.54, 1.807) is 37.1 Å². The van der Waals surface area contributed by atoms with E-state index in [1.807, 2.05) is 0 Å². The Morgan fingerprint density at radius 1 is 1.75 bits per heavy atom. The normalized spacial score (nSPS) is 10.5. The highest BCUT2D eigenvalue weighted by atomic mass is 16.1. The van der Waals surface area contributed by atoms with Crippen molar-refractivity contribution >= 4 is 11.6 Å². The van der Waals surface area contributed by atoms with Crippen LogP contribution in [0.3, 0.4) is 0 Å². The summed E-state index contributed by atoms with van der Waals surface area (Å²) in [6.07, 6.45) is 6.49. The molecule has 0 saturated carbocycles. The maximum atomic E-state index is 11.0. The largest absolute Gasteiger partial charge is 0.320 e. The second-order valence-electron chi connectivity index (χ2n) is 2.39. The third-order valence-corrected chi connectivity index (χ3v) is 1.29. The van der Waals surface area contributed by atoms with Gasteiger partial charge in [0.2, 0.25) is 5.91 Å². The van der Waals surface area contributed by atoms with Crippen LogP contribution < -0.4 is 5.32 Å². The van der Waals surface area contributed by atoms with Crippen molar-refractivity contribution in [2.24, 2.45) is 7.05 Å². The van der Waals surface area contributed by atoms with Gasteiger partial charge in [0, 0.05) is 13.2 Å². The average molecular weight is 165 g/mol. The van der Waals surface area contributed by atoms with Crippen LogP contribution >= 0.6 is 0 Å². The van der Waals surface area contributed by atoms with Crippen LogP contribution in [0.1, 0.15) is 6.92 Å². The molecule has 1 aromatic heterocycles. The quantitative estimate of drug-likeness (QED) is 0.663. The number of anilines is 1. The van der Waals surface area contributed by atoms with Crippen LogP contribution in [-0.2, 0) is 11.8 Å². The first-order valence-corrected chi connectivity index (χ1v) is 3.64. The molecule has 0 radical (unpaired) electrons.